The zero-order chi connectivity index (χ0) is 24.4. The number of hydrogen-bond donors (Lipinski definition) is 2. The van der Waals surface area contributed by atoms with Crippen LogP contribution < -0.4 is 20.9 Å². The van der Waals surface area contributed by atoms with Crippen molar-refractivity contribution >= 4 is 57.9 Å². The maximum Gasteiger partial charge on any atom is 0.265 e. The maximum absolute atomic E-state index is 13.6. The Kier molecular flexibility index (Phi) is 6.55. The Morgan fingerprint density at radius 1 is 0.943 bits per heavy atom. The number of fused-ring (bicyclic) bond motifs is 1. The highest BCUT2D eigenvalue weighted by Crippen LogP contribution is 2.40. The van der Waals surface area contributed by atoms with Gasteiger partial charge in [0, 0.05) is 17.6 Å². The van der Waals surface area contributed by atoms with Gasteiger partial charge in [-0.25, -0.2) is 4.98 Å². The van der Waals surface area contributed by atoms with Crippen LogP contribution in [0.3, 0.4) is 0 Å². The van der Waals surface area contributed by atoms with Gasteiger partial charge >= 0.3 is 0 Å². The molecule has 3 N–H and O–H groups in total. The third kappa shape index (κ3) is 4.66. The average Bonchev–Trinajstić information content (AvgIpc) is 2.86. The van der Waals surface area contributed by atoms with E-state index in [1.165, 1.54) is 6.20 Å². The third-order valence-corrected chi connectivity index (χ3v) is 6.29. The van der Waals surface area contributed by atoms with E-state index >= 15 is 0 Å². The Hall–Kier alpha value is -3.65. The summed E-state index contributed by atoms with van der Waals surface area (Å²) in [5.74, 6) is 0.596. The number of carbonyl (C=O) groups is 1. The van der Waals surface area contributed by atoms with Gasteiger partial charge in [-0.1, -0.05) is 59.6 Å². The van der Waals surface area contributed by atoms with Gasteiger partial charge in [0.15, 0.2) is 5.82 Å². The van der Waals surface area contributed by atoms with Crippen molar-refractivity contribution in [1.82, 2.24) is 9.97 Å². The summed E-state index contributed by atoms with van der Waals surface area (Å²) in [7, 11) is 0. The Morgan fingerprint density at radius 2 is 1.69 bits per heavy atom. The van der Waals surface area contributed by atoms with Gasteiger partial charge in [0.25, 0.3) is 5.91 Å². The molecule has 1 aromatic heterocycles. The SMILES string of the molecule is NCCc1cccc(N2CN(c3c(Cl)cccc3Cl)C(=O)c3cnc(Nc4ccccc4)nc32)c1. The number of amides is 1. The Balaban J connectivity index is 1.62. The number of nitrogens with one attached hydrogen (secondary N) is 1. The number of rotatable bonds is 6. The molecule has 0 aliphatic carbocycles. The topological polar surface area (TPSA) is 87.4 Å². The van der Waals surface area contributed by atoms with Crippen LogP contribution in [-0.4, -0.2) is 29.1 Å². The molecule has 35 heavy (non-hydrogen) atoms. The molecule has 7 nitrogen and oxygen atoms in total. The van der Waals surface area contributed by atoms with Crippen molar-refractivity contribution in [3.05, 3.63) is 100 Å². The van der Waals surface area contributed by atoms with Crippen molar-refractivity contribution in [1.29, 1.82) is 0 Å². The summed E-state index contributed by atoms with van der Waals surface area (Å²) in [6.45, 7) is 0.705. The quantitative estimate of drug-likeness (QED) is 0.345. The van der Waals surface area contributed by atoms with Crippen molar-refractivity contribution in [2.45, 2.75) is 6.42 Å². The van der Waals surface area contributed by atoms with E-state index in [4.69, 9.17) is 33.9 Å². The van der Waals surface area contributed by atoms with E-state index < -0.39 is 0 Å². The highest BCUT2D eigenvalue weighted by atomic mass is 35.5. The zero-order valence-corrected chi connectivity index (χ0v) is 20.2. The number of aromatic nitrogens is 2. The highest BCUT2D eigenvalue weighted by Gasteiger charge is 2.35. The molecule has 1 aliphatic rings. The molecule has 1 amide bonds. The molecule has 3 aromatic carbocycles. The molecule has 176 valence electrons. The number of anilines is 5. The summed E-state index contributed by atoms with van der Waals surface area (Å²) in [6, 6.07) is 22.8. The van der Waals surface area contributed by atoms with Gasteiger partial charge in [0.05, 0.1) is 15.7 Å². The van der Waals surface area contributed by atoms with Crippen LogP contribution in [0.1, 0.15) is 15.9 Å². The van der Waals surface area contributed by atoms with E-state index in [1.807, 2.05) is 59.5 Å². The number of carbonyl (C=O) groups excluding carboxylic acids is 1. The van der Waals surface area contributed by atoms with Gasteiger partial charge in [0.1, 0.15) is 12.2 Å². The number of halogens is 2. The lowest BCUT2D eigenvalue weighted by Crippen LogP contribution is -2.46. The first-order chi connectivity index (χ1) is 17.0. The largest absolute Gasteiger partial charge is 0.330 e. The number of para-hydroxylation sites is 2. The first kappa shape index (κ1) is 23.1. The molecule has 0 fully saturated rings. The second-order valence-corrected chi connectivity index (χ2v) is 8.82. The summed E-state index contributed by atoms with van der Waals surface area (Å²) >= 11 is 13.0. The fourth-order valence-electron chi connectivity index (χ4n) is 4.03. The molecule has 0 bridgehead atoms. The lowest BCUT2D eigenvalue weighted by atomic mass is 10.1. The number of nitrogens with zero attached hydrogens (tertiary/aromatic N) is 4. The number of nitrogens with two attached hydrogens (primary N) is 1. The summed E-state index contributed by atoms with van der Waals surface area (Å²) in [5.41, 5.74) is 9.36. The van der Waals surface area contributed by atoms with Crippen LogP contribution >= 0.6 is 23.2 Å². The lowest BCUT2D eigenvalue weighted by Gasteiger charge is -2.37. The van der Waals surface area contributed by atoms with E-state index in [0.717, 1.165) is 23.4 Å². The number of benzene rings is 3. The monoisotopic (exact) mass is 504 g/mol. The molecule has 0 spiro atoms. The minimum atomic E-state index is -0.282. The molecule has 0 unspecified atom stereocenters. The second-order valence-electron chi connectivity index (χ2n) is 8.00. The van der Waals surface area contributed by atoms with Gasteiger partial charge in [0.2, 0.25) is 5.95 Å². The molecule has 1 aliphatic heterocycles. The molecule has 0 radical (unpaired) electrons. The smallest absolute Gasteiger partial charge is 0.265 e. The Labute approximate surface area is 213 Å². The Bertz CT molecular complexity index is 1360. The van der Waals surface area contributed by atoms with Gasteiger partial charge in [-0.2, -0.15) is 4.98 Å². The molecule has 5 rings (SSSR count). The molecule has 0 saturated heterocycles. The van der Waals surface area contributed by atoms with Crippen LogP contribution in [0.4, 0.5) is 28.8 Å². The van der Waals surface area contributed by atoms with Crippen LogP contribution in [0.15, 0.2) is 79.0 Å². The van der Waals surface area contributed by atoms with Crippen LogP contribution in [0, 0.1) is 0 Å². The van der Waals surface area contributed by atoms with E-state index in [2.05, 4.69) is 10.3 Å². The summed E-state index contributed by atoms with van der Waals surface area (Å²) in [5, 5.41) is 3.97. The predicted molar refractivity (Wildman–Crippen MR) is 141 cm³/mol. The van der Waals surface area contributed by atoms with Gasteiger partial charge in [-0.3, -0.25) is 9.69 Å². The van der Waals surface area contributed by atoms with Crippen molar-refractivity contribution < 1.29 is 4.79 Å². The fraction of sp³-hybridized carbons (Fsp3) is 0.115. The van der Waals surface area contributed by atoms with Crippen LogP contribution in [0.25, 0.3) is 0 Å². The molecule has 2 heterocycles. The predicted octanol–water partition coefficient (Wildman–Crippen LogP) is 5.78. The maximum atomic E-state index is 13.6. The van der Waals surface area contributed by atoms with Crippen LogP contribution in [0.2, 0.25) is 10.0 Å². The van der Waals surface area contributed by atoms with Crippen molar-refractivity contribution in [2.24, 2.45) is 5.73 Å². The van der Waals surface area contributed by atoms with Gasteiger partial charge in [-0.15, -0.1) is 0 Å². The minimum Gasteiger partial charge on any atom is -0.330 e. The third-order valence-electron chi connectivity index (χ3n) is 5.68. The van der Waals surface area contributed by atoms with E-state index in [1.54, 1.807) is 23.1 Å². The van der Waals surface area contributed by atoms with E-state index in [-0.39, 0.29) is 12.6 Å². The fourth-order valence-corrected chi connectivity index (χ4v) is 4.63. The molecule has 9 heteroatoms. The standard InChI is InChI=1S/C26H22Cl2N6O/c27-21-10-5-11-22(28)23(21)34-16-33(19-9-4-6-17(14-19)12-13-29)24-20(25(34)35)15-30-26(32-24)31-18-7-2-1-3-8-18/h1-11,14-15H,12-13,16,29H2,(H,30,31,32). The van der Waals surface area contributed by atoms with E-state index in [0.29, 0.717) is 39.6 Å². The van der Waals surface area contributed by atoms with E-state index in [9.17, 15) is 4.79 Å². The van der Waals surface area contributed by atoms with Crippen molar-refractivity contribution in [2.75, 3.05) is 28.3 Å². The average molecular weight is 505 g/mol. The molecule has 4 aromatic rings. The molecular formula is C26H22Cl2N6O. The second kappa shape index (κ2) is 9.92. The minimum absolute atomic E-state index is 0.170. The lowest BCUT2D eigenvalue weighted by molar-refractivity contribution is 0.0982. The first-order valence-electron chi connectivity index (χ1n) is 11.1. The van der Waals surface area contributed by atoms with Crippen LogP contribution in [-0.2, 0) is 6.42 Å². The highest BCUT2D eigenvalue weighted by molar-refractivity contribution is 6.40. The van der Waals surface area contributed by atoms with Gasteiger partial charge in [-0.05, 0) is 54.9 Å². The summed E-state index contributed by atoms with van der Waals surface area (Å²) in [6.07, 6.45) is 2.27. The molecule has 0 saturated carbocycles. The van der Waals surface area contributed by atoms with Gasteiger partial charge < -0.3 is 16.0 Å². The summed E-state index contributed by atoms with van der Waals surface area (Å²) in [4.78, 5) is 26.2. The molecular weight excluding hydrogens is 483 g/mol. The van der Waals surface area contributed by atoms with Crippen molar-refractivity contribution in [3.8, 4) is 0 Å². The Morgan fingerprint density at radius 3 is 2.43 bits per heavy atom. The first-order valence-corrected chi connectivity index (χ1v) is 11.8. The number of hydrogen-bond acceptors (Lipinski definition) is 6. The summed E-state index contributed by atoms with van der Waals surface area (Å²) < 4.78 is 0. The zero-order valence-electron chi connectivity index (χ0n) is 18.7. The normalized spacial score (nSPS) is 13.1. The van der Waals surface area contributed by atoms with Crippen LogP contribution in [0.5, 0.6) is 0 Å². The molecule has 0 atom stereocenters. The van der Waals surface area contributed by atoms with Crippen molar-refractivity contribution in [3.63, 3.8) is 0 Å².